The lowest BCUT2D eigenvalue weighted by molar-refractivity contribution is 0.00578. The fourth-order valence-corrected chi connectivity index (χ4v) is 3.71. The average molecular weight is 344 g/mol. The van der Waals surface area contributed by atoms with Crippen molar-refractivity contribution < 1.29 is 19.2 Å². The third-order valence-electron chi connectivity index (χ3n) is 4.59. The van der Waals surface area contributed by atoms with Crippen molar-refractivity contribution in [3.63, 3.8) is 0 Å². The zero-order valence-electron chi connectivity index (χ0n) is 13.8. The van der Waals surface area contributed by atoms with Gasteiger partial charge in [-0.15, -0.1) is 11.3 Å². The van der Waals surface area contributed by atoms with Gasteiger partial charge in [0.1, 0.15) is 11.1 Å². The van der Waals surface area contributed by atoms with E-state index in [1.807, 2.05) is 45.9 Å². The molecule has 0 spiro atoms. The minimum absolute atomic E-state index is 0.294. The Balaban J connectivity index is 2.15. The fraction of sp³-hybridized carbons (Fsp3) is 0.375. The number of nitrogens with one attached hydrogen (secondary N) is 1. The number of thiophene rings is 1. The van der Waals surface area contributed by atoms with Gasteiger partial charge >= 0.3 is 13.2 Å². The molecular weight excluding hydrogens is 327 g/mol. The van der Waals surface area contributed by atoms with E-state index in [-0.39, 0.29) is 0 Å². The standard InChI is InChI=1S/C16H17BN2O4S/c1-15(2)16(3,4)23-17(22-15)10-6-5-7-11-12(10)9(8-18)13(24-11)19-14(20)21/h5-7,19H,1-4H3,(H,20,21). The van der Waals surface area contributed by atoms with Crippen LogP contribution in [0.1, 0.15) is 33.3 Å². The number of carboxylic acid groups (broad SMARTS) is 1. The molecule has 1 aromatic heterocycles. The van der Waals surface area contributed by atoms with Crippen LogP contribution in [-0.2, 0) is 9.31 Å². The van der Waals surface area contributed by atoms with Crippen LogP contribution >= 0.6 is 11.3 Å². The highest BCUT2D eigenvalue weighted by Gasteiger charge is 2.52. The zero-order chi connectivity index (χ0) is 17.7. The van der Waals surface area contributed by atoms with Crippen molar-refractivity contribution in [1.29, 1.82) is 5.26 Å². The van der Waals surface area contributed by atoms with E-state index in [0.29, 0.717) is 16.0 Å². The van der Waals surface area contributed by atoms with Crippen LogP contribution in [0.4, 0.5) is 9.80 Å². The van der Waals surface area contributed by atoms with Crippen molar-refractivity contribution in [2.75, 3.05) is 5.32 Å². The van der Waals surface area contributed by atoms with Gasteiger partial charge in [0, 0.05) is 10.1 Å². The Hall–Kier alpha value is -2.08. The molecule has 2 heterocycles. The first-order valence-corrected chi connectivity index (χ1v) is 8.29. The van der Waals surface area contributed by atoms with Crippen LogP contribution in [0, 0.1) is 11.3 Å². The molecule has 1 fully saturated rings. The summed E-state index contributed by atoms with van der Waals surface area (Å²) in [6.45, 7) is 7.85. The van der Waals surface area contributed by atoms with E-state index in [2.05, 4.69) is 11.4 Å². The molecule has 1 aliphatic heterocycles. The minimum Gasteiger partial charge on any atom is -0.465 e. The third kappa shape index (κ3) is 2.55. The number of nitrogens with zero attached hydrogens (tertiary/aromatic N) is 1. The number of fused-ring (bicyclic) bond motifs is 1. The van der Waals surface area contributed by atoms with E-state index in [4.69, 9.17) is 14.4 Å². The van der Waals surface area contributed by atoms with Gasteiger partial charge < -0.3 is 14.4 Å². The number of benzene rings is 1. The Morgan fingerprint density at radius 2 is 1.92 bits per heavy atom. The second-order valence-corrected chi connectivity index (χ2v) is 7.71. The number of anilines is 1. The second kappa shape index (κ2) is 5.48. The van der Waals surface area contributed by atoms with Crippen molar-refractivity contribution in [1.82, 2.24) is 0 Å². The number of amides is 1. The summed E-state index contributed by atoms with van der Waals surface area (Å²) in [5, 5.41) is 21.8. The number of nitriles is 1. The Morgan fingerprint density at radius 3 is 2.46 bits per heavy atom. The average Bonchev–Trinajstić information content (AvgIpc) is 2.91. The first kappa shape index (κ1) is 16.8. The minimum atomic E-state index is -1.20. The molecule has 1 aliphatic rings. The van der Waals surface area contributed by atoms with Crippen LogP contribution in [0.5, 0.6) is 0 Å². The summed E-state index contributed by atoms with van der Waals surface area (Å²) in [5.74, 6) is 0. The Bertz CT molecular complexity index is 853. The van der Waals surface area contributed by atoms with Crippen molar-refractivity contribution in [2.45, 2.75) is 38.9 Å². The highest BCUT2D eigenvalue weighted by atomic mass is 32.1. The van der Waals surface area contributed by atoms with Crippen LogP contribution < -0.4 is 10.8 Å². The molecule has 0 saturated carbocycles. The molecule has 2 aromatic rings. The summed E-state index contributed by atoms with van der Waals surface area (Å²) in [4.78, 5) is 11.0. The summed E-state index contributed by atoms with van der Waals surface area (Å²) in [6, 6.07) is 7.65. The van der Waals surface area contributed by atoms with Crippen molar-refractivity contribution in [3.05, 3.63) is 23.8 Å². The highest BCUT2D eigenvalue weighted by Crippen LogP contribution is 2.39. The lowest BCUT2D eigenvalue weighted by atomic mass is 9.76. The molecule has 6 nitrogen and oxygen atoms in total. The van der Waals surface area contributed by atoms with Gasteiger partial charge in [0.05, 0.1) is 16.8 Å². The van der Waals surface area contributed by atoms with Gasteiger partial charge in [-0.3, -0.25) is 5.32 Å². The summed E-state index contributed by atoms with van der Waals surface area (Å²) in [6.07, 6.45) is -1.20. The van der Waals surface area contributed by atoms with Crippen LogP contribution in [0.3, 0.4) is 0 Å². The molecular formula is C16H17BN2O4S. The molecule has 0 atom stereocenters. The number of hydrogen-bond acceptors (Lipinski definition) is 5. The van der Waals surface area contributed by atoms with Gasteiger partial charge in [0.25, 0.3) is 0 Å². The van der Waals surface area contributed by atoms with Crippen LogP contribution in [0.15, 0.2) is 18.2 Å². The van der Waals surface area contributed by atoms with E-state index in [0.717, 1.165) is 10.2 Å². The Kier molecular flexibility index (Phi) is 3.83. The zero-order valence-corrected chi connectivity index (χ0v) is 14.7. The molecule has 1 aromatic carbocycles. The van der Waals surface area contributed by atoms with Gasteiger partial charge in [-0.05, 0) is 39.2 Å². The number of rotatable bonds is 2. The van der Waals surface area contributed by atoms with Crippen LogP contribution in [0.25, 0.3) is 10.1 Å². The van der Waals surface area contributed by atoms with Gasteiger partial charge in [-0.1, -0.05) is 12.1 Å². The van der Waals surface area contributed by atoms with Gasteiger partial charge in [0.15, 0.2) is 0 Å². The smallest absolute Gasteiger partial charge is 0.465 e. The first-order valence-electron chi connectivity index (χ1n) is 7.47. The summed E-state index contributed by atoms with van der Waals surface area (Å²) >= 11 is 1.22. The van der Waals surface area contributed by atoms with Gasteiger partial charge in [-0.2, -0.15) is 5.26 Å². The number of carbonyl (C=O) groups is 1. The van der Waals surface area contributed by atoms with Crippen molar-refractivity contribution in [3.8, 4) is 6.07 Å². The second-order valence-electron chi connectivity index (χ2n) is 6.66. The van der Waals surface area contributed by atoms with Crippen molar-refractivity contribution in [2.24, 2.45) is 0 Å². The SMILES string of the molecule is CC1(C)OB(c2cccc3sc(NC(=O)O)c(C#N)c23)OC1(C)C. The third-order valence-corrected chi connectivity index (χ3v) is 5.66. The molecule has 3 rings (SSSR count). The molecule has 0 unspecified atom stereocenters. The largest absolute Gasteiger partial charge is 0.495 e. The lowest BCUT2D eigenvalue weighted by Gasteiger charge is -2.32. The van der Waals surface area contributed by atoms with Crippen LogP contribution in [0.2, 0.25) is 0 Å². The molecule has 1 saturated heterocycles. The van der Waals surface area contributed by atoms with E-state index >= 15 is 0 Å². The lowest BCUT2D eigenvalue weighted by Crippen LogP contribution is -2.41. The predicted octanol–water partition coefficient (Wildman–Crippen LogP) is 3.16. The maximum absolute atomic E-state index is 11.0. The van der Waals surface area contributed by atoms with E-state index < -0.39 is 24.4 Å². The van der Waals surface area contributed by atoms with Crippen molar-refractivity contribution >= 4 is 45.1 Å². The van der Waals surface area contributed by atoms with Gasteiger partial charge in [0.2, 0.25) is 0 Å². The maximum Gasteiger partial charge on any atom is 0.495 e. The highest BCUT2D eigenvalue weighted by molar-refractivity contribution is 7.23. The molecule has 8 heteroatoms. The molecule has 0 radical (unpaired) electrons. The van der Waals surface area contributed by atoms with E-state index in [1.54, 1.807) is 0 Å². The monoisotopic (exact) mass is 344 g/mol. The quantitative estimate of drug-likeness (QED) is 0.817. The molecule has 2 N–H and O–H groups in total. The molecule has 1 amide bonds. The Morgan fingerprint density at radius 1 is 1.29 bits per heavy atom. The predicted molar refractivity (Wildman–Crippen MR) is 93.9 cm³/mol. The molecule has 0 aliphatic carbocycles. The normalized spacial score (nSPS) is 18.5. The molecule has 0 bridgehead atoms. The Labute approximate surface area is 144 Å². The summed E-state index contributed by atoms with van der Waals surface area (Å²) < 4.78 is 13.0. The van der Waals surface area contributed by atoms with E-state index in [1.165, 1.54) is 11.3 Å². The summed E-state index contributed by atoms with van der Waals surface area (Å²) in [7, 11) is -0.613. The van der Waals surface area contributed by atoms with Crippen LogP contribution in [-0.4, -0.2) is 29.5 Å². The fourth-order valence-electron chi connectivity index (χ4n) is 2.63. The first-order chi connectivity index (χ1) is 11.2. The van der Waals surface area contributed by atoms with Gasteiger partial charge in [-0.25, -0.2) is 4.79 Å². The maximum atomic E-state index is 11.0. The topological polar surface area (TPSA) is 91.6 Å². The summed E-state index contributed by atoms with van der Waals surface area (Å²) in [5.41, 5.74) is 0.0374. The molecule has 24 heavy (non-hydrogen) atoms. The van der Waals surface area contributed by atoms with E-state index in [9.17, 15) is 10.1 Å². The molecule has 124 valence electrons. The number of hydrogen-bond donors (Lipinski definition) is 2.